The summed E-state index contributed by atoms with van der Waals surface area (Å²) in [7, 11) is 0. The SMILES string of the molecule is CCCCCCCCCOC(CCCCCCCCCCCC=COCOCCCCCC)OCCCCCCCCC. The summed E-state index contributed by atoms with van der Waals surface area (Å²) in [5.74, 6) is 0. The summed E-state index contributed by atoms with van der Waals surface area (Å²) in [6.07, 6.45) is 41.7. The fraction of sp³-hybridized carbons (Fsp3) is 0.949. The minimum absolute atomic E-state index is 0.0164. The molecule has 0 spiro atoms. The van der Waals surface area contributed by atoms with Crippen molar-refractivity contribution in [1.82, 2.24) is 0 Å². The lowest BCUT2D eigenvalue weighted by atomic mass is 10.1. The first-order valence-electron chi connectivity index (χ1n) is 19.4. The summed E-state index contributed by atoms with van der Waals surface area (Å²) in [5, 5.41) is 0. The summed E-state index contributed by atoms with van der Waals surface area (Å²) in [4.78, 5) is 0. The molecule has 0 saturated carbocycles. The molecule has 0 unspecified atom stereocenters. The second-order valence-corrected chi connectivity index (χ2v) is 12.8. The van der Waals surface area contributed by atoms with Gasteiger partial charge >= 0.3 is 0 Å². The number of unbranched alkanes of at least 4 members (excludes halogenated alkanes) is 24. The molecule has 0 heterocycles. The van der Waals surface area contributed by atoms with Crippen LogP contribution in [0.2, 0.25) is 0 Å². The highest BCUT2D eigenvalue weighted by Crippen LogP contribution is 2.16. The average Bonchev–Trinajstić information content (AvgIpc) is 3.02. The van der Waals surface area contributed by atoms with Crippen molar-refractivity contribution in [3.63, 3.8) is 0 Å². The molecule has 0 saturated heterocycles. The number of rotatable bonds is 38. The van der Waals surface area contributed by atoms with Crippen LogP contribution in [0.4, 0.5) is 0 Å². The van der Waals surface area contributed by atoms with E-state index in [1.165, 1.54) is 167 Å². The predicted octanol–water partition coefficient (Wildman–Crippen LogP) is 13.2. The molecule has 0 N–H and O–H groups in total. The first-order chi connectivity index (χ1) is 21.3. The zero-order valence-corrected chi connectivity index (χ0v) is 29.7. The van der Waals surface area contributed by atoms with Gasteiger partial charge in [-0.25, -0.2) is 0 Å². The van der Waals surface area contributed by atoms with Crippen LogP contribution in [0.25, 0.3) is 0 Å². The van der Waals surface area contributed by atoms with Gasteiger partial charge in [0.25, 0.3) is 0 Å². The Morgan fingerprint density at radius 2 is 0.814 bits per heavy atom. The first kappa shape index (κ1) is 42.4. The van der Waals surface area contributed by atoms with E-state index in [1.807, 2.05) is 6.26 Å². The van der Waals surface area contributed by atoms with E-state index < -0.39 is 0 Å². The Hall–Kier alpha value is -0.580. The maximum atomic E-state index is 6.23. The molecule has 0 aromatic heterocycles. The molecule has 0 aliphatic heterocycles. The molecule has 0 radical (unpaired) electrons. The first-order valence-corrected chi connectivity index (χ1v) is 19.4. The largest absolute Gasteiger partial charge is 0.475 e. The highest BCUT2D eigenvalue weighted by molar-refractivity contribution is 4.72. The van der Waals surface area contributed by atoms with Crippen LogP contribution in [-0.4, -0.2) is 32.9 Å². The van der Waals surface area contributed by atoms with Gasteiger partial charge in [0.2, 0.25) is 0 Å². The maximum Gasteiger partial charge on any atom is 0.188 e. The van der Waals surface area contributed by atoms with E-state index in [2.05, 4.69) is 26.8 Å². The van der Waals surface area contributed by atoms with Gasteiger partial charge in [-0.2, -0.15) is 0 Å². The number of allylic oxidation sites excluding steroid dienone is 1. The quantitative estimate of drug-likeness (QED) is 0.0396. The molecule has 0 aromatic rings. The van der Waals surface area contributed by atoms with Gasteiger partial charge in [-0.15, -0.1) is 0 Å². The zero-order chi connectivity index (χ0) is 31.2. The third-order valence-electron chi connectivity index (χ3n) is 8.40. The van der Waals surface area contributed by atoms with Gasteiger partial charge in [-0.05, 0) is 51.0 Å². The van der Waals surface area contributed by atoms with Gasteiger partial charge in [-0.3, -0.25) is 0 Å². The van der Waals surface area contributed by atoms with Gasteiger partial charge in [0.05, 0.1) is 12.9 Å². The van der Waals surface area contributed by atoms with E-state index in [4.69, 9.17) is 18.9 Å². The maximum absolute atomic E-state index is 6.23. The highest BCUT2D eigenvalue weighted by Gasteiger charge is 2.09. The second-order valence-electron chi connectivity index (χ2n) is 12.8. The van der Waals surface area contributed by atoms with Crippen LogP contribution in [-0.2, 0) is 18.9 Å². The van der Waals surface area contributed by atoms with Crippen molar-refractivity contribution in [1.29, 1.82) is 0 Å². The average molecular weight is 611 g/mol. The van der Waals surface area contributed by atoms with Crippen molar-refractivity contribution in [2.45, 2.75) is 213 Å². The zero-order valence-electron chi connectivity index (χ0n) is 29.7. The van der Waals surface area contributed by atoms with E-state index in [0.29, 0.717) is 6.79 Å². The molecule has 0 aromatic carbocycles. The number of hydrogen-bond donors (Lipinski definition) is 0. The highest BCUT2D eigenvalue weighted by atomic mass is 16.7. The summed E-state index contributed by atoms with van der Waals surface area (Å²) < 4.78 is 23.4. The van der Waals surface area contributed by atoms with Crippen LogP contribution in [0.5, 0.6) is 0 Å². The van der Waals surface area contributed by atoms with E-state index in [-0.39, 0.29) is 6.29 Å². The van der Waals surface area contributed by atoms with E-state index in [1.54, 1.807) is 0 Å². The van der Waals surface area contributed by atoms with Crippen LogP contribution < -0.4 is 0 Å². The Morgan fingerprint density at radius 3 is 1.33 bits per heavy atom. The molecule has 0 atom stereocenters. The Kier molecular flexibility index (Phi) is 38.9. The van der Waals surface area contributed by atoms with Crippen LogP contribution in [0, 0.1) is 0 Å². The Balaban J connectivity index is 3.73. The summed E-state index contributed by atoms with van der Waals surface area (Å²) in [5.41, 5.74) is 0. The Bertz CT molecular complexity index is 489. The van der Waals surface area contributed by atoms with Gasteiger partial charge < -0.3 is 18.9 Å². The van der Waals surface area contributed by atoms with Gasteiger partial charge in [0.15, 0.2) is 13.1 Å². The van der Waals surface area contributed by atoms with E-state index in [0.717, 1.165) is 39.1 Å². The molecule has 43 heavy (non-hydrogen) atoms. The molecule has 0 aliphatic rings. The molecular weight excluding hydrogens is 532 g/mol. The minimum Gasteiger partial charge on any atom is -0.475 e. The Labute approximate surface area is 270 Å². The molecule has 0 fully saturated rings. The minimum atomic E-state index is 0.0164. The predicted molar refractivity (Wildman–Crippen MR) is 188 cm³/mol. The summed E-state index contributed by atoms with van der Waals surface area (Å²) in [6.45, 7) is 9.74. The molecular formula is C39H78O4. The second kappa shape index (κ2) is 39.4. The van der Waals surface area contributed by atoms with Crippen molar-refractivity contribution < 1.29 is 18.9 Å². The lowest BCUT2D eigenvalue weighted by Crippen LogP contribution is -2.19. The smallest absolute Gasteiger partial charge is 0.188 e. The molecule has 0 amide bonds. The molecule has 258 valence electrons. The van der Waals surface area contributed by atoms with E-state index >= 15 is 0 Å². The van der Waals surface area contributed by atoms with Crippen molar-refractivity contribution in [2.75, 3.05) is 26.6 Å². The standard InChI is InChI=1S/C39H78O4/c1-4-7-10-13-21-26-31-36-42-39(43-37-32-27-22-14-11-8-5-2)33-28-24-20-18-16-15-17-19-23-25-30-35-41-38-40-34-29-12-9-6-3/h30,35,39H,4-29,31-34,36-38H2,1-3H3. The van der Waals surface area contributed by atoms with Crippen LogP contribution >= 0.6 is 0 Å². The lowest BCUT2D eigenvalue weighted by Gasteiger charge is -2.19. The van der Waals surface area contributed by atoms with Crippen LogP contribution in [0.1, 0.15) is 207 Å². The van der Waals surface area contributed by atoms with Crippen LogP contribution in [0.15, 0.2) is 12.3 Å². The molecule has 0 aliphatic carbocycles. The Morgan fingerprint density at radius 1 is 0.419 bits per heavy atom. The summed E-state index contributed by atoms with van der Waals surface area (Å²) in [6, 6.07) is 0. The van der Waals surface area contributed by atoms with Crippen molar-refractivity contribution in [3.8, 4) is 0 Å². The third kappa shape index (κ3) is 37.5. The normalized spacial score (nSPS) is 11.8. The molecule has 4 heteroatoms. The summed E-state index contributed by atoms with van der Waals surface area (Å²) >= 11 is 0. The topological polar surface area (TPSA) is 36.9 Å². The molecule has 0 rings (SSSR count). The van der Waals surface area contributed by atoms with E-state index in [9.17, 15) is 0 Å². The molecule has 0 bridgehead atoms. The number of ether oxygens (including phenoxy) is 4. The third-order valence-corrected chi connectivity index (χ3v) is 8.40. The fourth-order valence-corrected chi connectivity index (χ4v) is 5.49. The number of hydrogen-bond acceptors (Lipinski definition) is 4. The fourth-order valence-electron chi connectivity index (χ4n) is 5.49. The molecule has 4 nitrogen and oxygen atoms in total. The lowest BCUT2D eigenvalue weighted by molar-refractivity contribution is -0.148. The van der Waals surface area contributed by atoms with Gasteiger partial charge in [-0.1, -0.05) is 162 Å². The van der Waals surface area contributed by atoms with Crippen molar-refractivity contribution >= 4 is 0 Å². The van der Waals surface area contributed by atoms with Crippen molar-refractivity contribution in [3.05, 3.63) is 12.3 Å². The van der Waals surface area contributed by atoms with Gasteiger partial charge in [0, 0.05) is 13.2 Å². The van der Waals surface area contributed by atoms with Crippen molar-refractivity contribution in [2.24, 2.45) is 0 Å². The monoisotopic (exact) mass is 611 g/mol. The van der Waals surface area contributed by atoms with Crippen LogP contribution in [0.3, 0.4) is 0 Å². The van der Waals surface area contributed by atoms with Gasteiger partial charge in [0.1, 0.15) is 0 Å².